The number of nitriles is 2. The van der Waals surface area contributed by atoms with Crippen molar-refractivity contribution in [3.05, 3.63) is 69.7 Å². The van der Waals surface area contributed by atoms with Crippen LogP contribution < -0.4 is 5.73 Å². The van der Waals surface area contributed by atoms with Crippen LogP contribution in [0.2, 0.25) is 0 Å². The van der Waals surface area contributed by atoms with Gasteiger partial charge in [0.15, 0.2) is 5.78 Å². The number of Topliss-reactive ketones (excluding diaryl/α,β-unsaturated/α-hetero) is 1. The number of rotatable bonds is 5. The van der Waals surface area contributed by atoms with E-state index in [4.69, 9.17) is 5.73 Å². The minimum Gasteiger partial charge on any atom is -0.508 e. The van der Waals surface area contributed by atoms with Gasteiger partial charge in [-0.2, -0.15) is 10.5 Å². The summed E-state index contributed by atoms with van der Waals surface area (Å²) in [6, 6.07) is 17.1. The van der Waals surface area contributed by atoms with Crippen LogP contribution in [0.15, 0.2) is 58.0 Å². The molecule has 0 radical (unpaired) electrons. The van der Waals surface area contributed by atoms with Crippen molar-refractivity contribution in [1.82, 2.24) is 4.98 Å². The highest BCUT2D eigenvalue weighted by Gasteiger charge is 2.21. The standard InChI is InChI=1S/C21H13BrN4O2S/c22-14-5-1-12(2-6-14)18(28)11-29-21-17(10-24)19(16(9-23)20(25)26-21)13-3-7-15(27)8-4-13/h1-8,27H,11H2,(H2,25,26). The first kappa shape index (κ1) is 20.4. The van der Waals surface area contributed by atoms with E-state index in [1.165, 1.54) is 12.1 Å². The fourth-order valence-corrected chi connectivity index (χ4v) is 3.83. The number of anilines is 1. The third-order valence-corrected chi connectivity index (χ3v) is 5.58. The summed E-state index contributed by atoms with van der Waals surface area (Å²) in [7, 11) is 0. The number of hydrogen-bond acceptors (Lipinski definition) is 7. The van der Waals surface area contributed by atoms with Crippen molar-refractivity contribution in [1.29, 1.82) is 10.5 Å². The number of nitrogens with two attached hydrogens (primary N) is 1. The summed E-state index contributed by atoms with van der Waals surface area (Å²) in [6.45, 7) is 0. The Kier molecular flexibility index (Phi) is 6.18. The van der Waals surface area contributed by atoms with Crippen LogP contribution in [0.3, 0.4) is 0 Å². The molecule has 0 fully saturated rings. The molecule has 8 heteroatoms. The molecule has 1 aromatic heterocycles. The molecule has 3 rings (SSSR count). The summed E-state index contributed by atoms with van der Waals surface area (Å²) in [5.74, 6) is -0.0260. The highest BCUT2D eigenvalue weighted by Crippen LogP contribution is 2.36. The predicted molar refractivity (Wildman–Crippen MR) is 114 cm³/mol. The number of nitrogen functional groups attached to an aromatic ring is 1. The Morgan fingerprint density at radius 1 is 1.07 bits per heavy atom. The van der Waals surface area contributed by atoms with E-state index in [-0.39, 0.29) is 39.3 Å². The molecule has 142 valence electrons. The van der Waals surface area contributed by atoms with Gasteiger partial charge in [-0.25, -0.2) is 4.98 Å². The van der Waals surface area contributed by atoms with Gasteiger partial charge in [0, 0.05) is 15.6 Å². The van der Waals surface area contributed by atoms with E-state index in [1.54, 1.807) is 36.4 Å². The SMILES string of the molecule is N#Cc1c(N)nc(SCC(=O)c2ccc(Br)cc2)c(C#N)c1-c1ccc(O)cc1. The molecular formula is C21H13BrN4O2S. The van der Waals surface area contributed by atoms with E-state index in [0.29, 0.717) is 16.7 Å². The van der Waals surface area contributed by atoms with E-state index in [2.05, 4.69) is 27.0 Å². The van der Waals surface area contributed by atoms with Gasteiger partial charge in [0.25, 0.3) is 0 Å². The molecule has 0 unspecified atom stereocenters. The zero-order chi connectivity index (χ0) is 21.0. The zero-order valence-corrected chi connectivity index (χ0v) is 17.3. The van der Waals surface area contributed by atoms with E-state index in [1.807, 2.05) is 6.07 Å². The van der Waals surface area contributed by atoms with Gasteiger partial charge in [-0.3, -0.25) is 4.79 Å². The van der Waals surface area contributed by atoms with Crippen LogP contribution in [0.1, 0.15) is 21.5 Å². The Labute approximate surface area is 179 Å². The fourth-order valence-electron chi connectivity index (χ4n) is 2.67. The first-order valence-corrected chi connectivity index (χ1v) is 10.1. The van der Waals surface area contributed by atoms with Crippen LogP contribution in [0.25, 0.3) is 11.1 Å². The number of carbonyl (C=O) groups excluding carboxylic acids is 1. The maximum atomic E-state index is 12.5. The molecule has 0 aliphatic carbocycles. The minimum absolute atomic E-state index is 0.0202. The van der Waals surface area contributed by atoms with Gasteiger partial charge in [-0.05, 0) is 29.8 Å². The topological polar surface area (TPSA) is 124 Å². The van der Waals surface area contributed by atoms with Gasteiger partial charge in [0.2, 0.25) is 0 Å². The number of aromatic hydroxyl groups is 1. The van der Waals surface area contributed by atoms with E-state index >= 15 is 0 Å². The lowest BCUT2D eigenvalue weighted by Crippen LogP contribution is -2.06. The van der Waals surface area contributed by atoms with Crippen LogP contribution >= 0.6 is 27.7 Å². The fraction of sp³-hybridized carbons (Fsp3) is 0.0476. The van der Waals surface area contributed by atoms with Crippen LogP contribution in [-0.4, -0.2) is 21.6 Å². The van der Waals surface area contributed by atoms with Gasteiger partial charge in [-0.15, -0.1) is 0 Å². The van der Waals surface area contributed by atoms with Gasteiger partial charge in [0.05, 0.1) is 11.3 Å². The molecule has 0 spiro atoms. The molecule has 1 heterocycles. The maximum Gasteiger partial charge on any atom is 0.173 e. The normalized spacial score (nSPS) is 10.2. The summed E-state index contributed by atoms with van der Waals surface area (Å²) in [6.07, 6.45) is 0. The molecule has 2 aromatic carbocycles. The second-order valence-electron chi connectivity index (χ2n) is 5.92. The smallest absolute Gasteiger partial charge is 0.173 e. The largest absolute Gasteiger partial charge is 0.508 e. The number of phenolic OH excluding ortho intramolecular Hbond substituents is 1. The molecule has 0 amide bonds. The predicted octanol–water partition coefficient (Wildman–Crippen LogP) is 4.52. The number of aromatic nitrogens is 1. The number of halogens is 1. The van der Waals surface area contributed by atoms with Crippen LogP contribution in [0.5, 0.6) is 5.75 Å². The van der Waals surface area contributed by atoms with E-state index in [9.17, 15) is 20.4 Å². The molecular weight excluding hydrogens is 452 g/mol. The Balaban J connectivity index is 2.00. The van der Waals surface area contributed by atoms with E-state index in [0.717, 1.165) is 16.2 Å². The highest BCUT2D eigenvalue weighted by atomic mass is 79.9. The molecule has 0 aliphatic heterocycles. The van der Waals surface area contributed by atoms with Gasteiger partial charge in [-0.1, -0.05) is 52.0 Å². The van der Waals surface area contributed by atoms with Crippen molar-refractivity contribution < 1.29 is 9.90 Å². The Hall–Kier alpha value is -3.33. The van der Waals surface area contributed by atoms with Gasteiger partial charge >= 0.3 is 0 Å². The molecule has 0 aliphatic rings. The summed E-state index contributed by atoms with van der Waals surface area (Å²) in [4.78, 5) is 16.7. The van der Waals surface area contributed by atoms with Crippen molar-refractivity contribution >= 4 is 39.3 Å². The third kappa shape index (κ3) is 4.40. The molecule has 6 nitrogen and oxygen atoms in total. The summed E-state index contributed by atoms with van der Waals surface area (Å²) in [5, 5.41) is 29.1. The Morgan fingerprint density at radius 3 is 2.28 bits per heavy atom. The number of pyridine rings is 1. The van der Waals surface area contributed by atoms with Gasteiger partial charge in [0.1, 0.15) is 34.3 Å². The summed E-state index contributed by atoms with van der Waals surface area (Å²) >= 11 is 4.42. The number of benzene rings is 2. The van der Waals surface area contributed by atoms with Crippen molar-refractivity contribution in [3.63, 3.8) is 0 Å². The first-order chi connectivity index (χ1) is 13.9. The lowest BCUT2D eigenvalue weighted by atomic mass is 9.97. The highest BCUT2D eigenvalue weighted by molar-refractivity contribution is 9.10. The zero-order valence-electron chi connectivity index (χ0n) is 14.9. The molecule has 0 saturated carbocycles. The number of thioether (sulfide) groups is 1. The quantitative estimate of drug-likeness (QED) is 0.420. The Bertz CT molecular complexity index is 1160. The molecule has 3 aromatic rings. The maximum absolute atomic E-state index is 12.5. The summed E-state index contributed by atoms with van der Waals surface area (Å²) < 4.78 is 0.869. The lowest BCUT2D eigenvalue weighted by Gasteiger charge is -2.13. The number of carbonyl (C=O) groups is 1. The lowest BCUT2D eigenvalue weighted by molar-refractivity contribution is 0.102. The second kappa shape index (κ2) is 8.78. The average Bonchev–Trinajstić information content (AvgIpc) is 2.72. The number of nitrogens with zero attached hydrogens (tertiary/aromatic N) is 3. The van der Waals surface area contributed by atoms with Crippen LogP contribution in [-0.2, 0) is 0 Å². The van der Waals surface area contributed by atoms with Crippen LogP contribution in [0, 0.1) is 22.7 Å². The molecule has 0 atom stereocenters. The third-order valence-electron chi connectivity index (χ3n) is 4.08. The minimum atomic E-state index is -0.123. The van der Waals surface area contributed by atoms with Crippen molar-refractivity contribution in [2.75, 3.05) is 11.5 Å². The van der Waals surface area contributed by atoms with E-state index < -0.39 is 0 Å². The Morgan fingerprint density at radius 2 is 1.69 bits per heavy atom. The number of ketones is 1. The van der Waals surface area contributed by atoms with Crippen molar-refractivity contribution in [2.45, 2.75) is 5.03 Å². The molecule has 3 N–H and O–H groups in total. The monoisotopic (exact) mass is 464 g/mol. The van der Waals surface area contributed by atoms with Gasteiger partial charge < -0.3 is 10.8 Å². The summed E-state index contributed by atoms with van der Waals surface area (Å²) in [5.41, 5.74) is 7.63. The average molecular weight is 465 g/mol. The molecule has 29 heavy (non-hydrogen) atoms. The number of hydrogen-bond donors (Lipinski definition) is 2. The van der Waals surface area contributed by atoms with Crippen LogP contribution in [0.4, 0.5) is 5.82 Å². The molecule has 0 saturated heterocycles. The first-order valence-electron chi connectivity index (χ1n) is 8.29. The van der Waals surface area contributed by atoms with Crippen molar-refractivity contribution in [2.24, 2.45) is 0 Å². The second-order valence-corrected chi connectivity index (χ2v) is 7.80. The number of phenols is 1. The van der Waals surface area contributed by atoms with Crippen molar-refractivity contribution in [3.8, 4) is 29.0 Å². The molecule has 0 bridgehead atoms.